The van der Waals surface area contributed by atoms with Crippen molar-refractivity contribution in [3.05, 3.63) is 97.2 Å². The van der Waals surface area contributed by atoms with Crippen molar-refractivity contribution in [1.82, 2.24) is 0 Å². The SMILES string of the molecule is CC/C=C\C/C=C\C/C=C\C/C=C\C/C=C\C/C=C\C/C=C\C/C=C\CCCCCCCCCCCCCCCCCCC(=O)OC(COC(=O)CCCCCCC)COP(=O)([O-])OCC[N+](C)(C)C. The summed E-state index contributed by atoms with van der Waals surface area (Å²) in [6.07, 6.45) is 69.6. The Morgan fingerprint density at radius 2 is 0.814 bits per heavy atom. The van der Waals surface area contributed by atoms with Crippen LogP contribution in [0.15, 0.2) is 97.2 Å². The molecule has 402 valence electrons. The minimum Gasteiger partial charge on any atom is -0.756 e. The maximum absolute atomic E-state index is 12.7. The molecule has 0 aliphatic rings. The van der Waals surface area contributed by atoms with Gasteiger partial charge >= 0.3 is 11.9 Å². The highest BCUT2D eigenvalue weighted by Gasteiger charge is 2.21. The largest absolute Gasteiger partial charge is 0.756 e. The topological polar surface area (TPSA) is 111 Å². The molecule has 0 radical (unpaired) electrons. The lowest BCUT2D eigenvalue weighted by Gasteiger charge is -2.28. The third-order valence-corrected chi connectivity index (χ3v) is 12.6. The van der Waals surface area contributed by atoms with E-state index in [1.807, 2.05) is 21.1 Å². The lowest BCUT2D eigenvalue weighted by molar-refractivity contribution is -0.870. The zero-order chi connectivity index (χ0) is 51.3. The molecule has 0 saturated heterocycles. The van der Waals surface area contributed by atoms with E-state index >= 15 is 0 Å². The summed E-state index contributed by atoms with van der Waals surface area (Å²) in [4.78, 5) is 37.3. The molecule has 0 heterocycles. The van der Waals surface area contributed by atoms with E-state index in [2.05, 4.69) is 111 Å². The number of carbonyl (C=O) groups excluding carboxylic acids is 2. The summed E-state index contributed by atoms with van der Waals surface area (Å²) in [5, 5.41) is 0. The molecule has 0 fully saturated rings. The quantitative estimate of drug-likeness (QED) is 0.0195. The highest BCUT2D eigenvalue weighted by molar-refractivity contribution is 7.45. The van der Waals surface area contributed by atoms with Crippen molar-refractivity contribution >= 4 is 19.8 Å². The Balaban J connectivity index is 3.84. The van der Waals surface area contributed by atoms with Crippen LogP contribution in [-0.2, 0) is 32.7 Å². The Hall–Kier alpha value is -3.07. The van der Waals surface area contributed by atoms with Crippen molar-refractivity contribution in [2.24, 2.45) is 0 Å². The number of hydrogen-bond acceptors (Lipinski definition) is 8. The first-order valence-corrected chi connectivity index (χ1v) is 29.4. The highest BCUT2D eigenvalue weighted by atomic mass is 31.2. The van der Waals surface area contributed by atoms with E-state index in [0.717, 1.165) is 103 Å². The zero-order valence-corrected chi connectivity index (χ0v) is 46.3. The summed E-state index contributed by atoms with van der Waals surface area (Å²) < 4.78 is 33.8. The smallest absolute Gasteiger partial charge is 0.306 e. The number of hydrogen-bond donors (Lipinski definition) is 0. The van der Waals surface area contributed by atoms with E-state index in [4.69, 9.17) is 18.5 Å². The molecular formula is C60H104NO8P. The maximum Gasteiger partial charge on any atom is 0.306 e. The second-order valence-electron chi connectivity index (χ2n) is 19.6. The molecule has 0 amide bonds. The molecule has 2 atom stereocenters. The van der Waals surface area contributed by atoms with E-state index in [1.54, 1.807) is 0 Å². The van der Waals surface area contributed by atoms with Gasteiger partial charge in [-0.25, -0.2) is 0 Å². The number of quaternary nitrogens is 1. The predicted octanol–water partition coefficient (Wildman–Crippen LogP) is 16.6. The van der Waals surface area contributed by atoms with E-state index in [-0.39, 0.29) is 26.1 Å². The number of nitrogens with zero attached hydrogens (tertiary/aromatic N) is 1. The molecule has 0 aromatic rings. The van der Waals surface area contributed by atoms with Gasteiger partial charge in [-0.15, -0.1) is 0 Å². The standard InChI is InChI=1S/C60H104NO8P/c1-6-8-10-12-13-14-15-16-17-18-19-20-21-22-23-24-25-26-27-28-29-30-31-32-33-34-35-36-37-38-39-40-41-42-43-44-45-46-47-49-51-53-60(63)69-58(56-66-59(62)52-50-48-11-9-7-2)57-68-70(64,65)67-55-54-61(3,4)5/h8,10,13-14,16-17,19-20,22-23,25-26,28-29,31-32,58H,6-7,9,11-12,15,18,21,24,27,30,33-57H2,1-5H3/b10-8-,14-13-,17-16-,20-19-,23-22-,26-25-,29-28-,32-31-. The van der Waals surface area contributed by atoms with Crippen LogP contribution in [0.2, 0.25) is 0 Å². The molecule has 70 heavy (non-hydrogen) atoms. The number of ether oxygens (including phenoxy) is 2. The van der Waals surface area contributed by atoms with Crippen LogP contribution in [0.1, 0.15) is 219 Å². The fourth-order valence-electron chi connectivity index (χ4n) is 7.32. The average Bonchev–Trinajstić information content (AvgIpc) is 3.32. The first-order valence-electron chi connectivity index (χ1n) is 27.9. The van der Waals surface area contributed by atoms with Gasteiger partial charge in [-0.1, -0.05) is 227 Å². The molecule has 0 N–H and O–H groups in total. The third kappa shape index (κ3) is 54.3. The van der Waals surface area contributed by atoms with Crippen LogP contribution >= 0.6 is 7.82 Å². The monoisotopic (exact) mass is 998 g/mol. The van der Waals surface area contributed by atoms with Crippen LogP contribution < -0.4 is 4.89 Å². The third-order valence-electron chi connectivity index (χ3n) is 11.6. The fraction of sp³-hybridized carbons (Fsp3) is 0.700. The van der Waals surface area contributed by atoms with E-state index in [9.17, 15) is 19.0 Å². The minimum atomic E-state index is -4.62. The van der Waals surface area contributed by atoms with Gasteiger partial charge in [-0.05, 0) is 77.0 Å². The van der Waals surface area contributed by atoms with Crippen LogP contribution in [0.4, 0.5) is 0 Å². The summed E-state index contributed by atoms with van der Waals surface area (Å²) in [5.41, 5.74) is 0. The number of carbonyl (C=O) groups is 2. The van der Waals surface area contributed by atoms with Gasteiger partial charge in [0.2, 0.25) is 0 Å². The minimum absolute atomic E-state index is 0.0324. The lowest BCUT2D eigenvalue weighted by atomic mass is 10.0. The number of phosphoric ester groups is 1. The zero-order valence-electron chi connectivity index (χ0n) is 45.4. The Morgan fingerprint density at radius 1 is 0.457 bits per heavy atom. The van der Waals surface area contributed by atoms with Crippen molar-refractivity contribution in [2.75, 3.05) is 47.5 Å². The van der Waals surface area contributed by atoms with Crippen LogP contribution in [0.3, 0.4) is 0 Å². The van der Waals surface area contributed by atoms with E-state index in [0.29, 0.717) is 17.4 Å². The van der Waals surface area contributed by atoms with Crippen molar-refractivity contribution in [1.29, 1.82) is 0 Å². The second kappa shape index (κ2) is 50.9. The van der Waals surface area contributed by atoms with Crippen LogP contribution in [0.5, 0.6) is 0 Å². The molecule has 10 heteroatoms. The summed E-state index contributed by atoms with van der Waals surface area (Å²) in [6, 6.07) is 0. The van der Waals surface area contributed by atoms with Crippen LogP contribution in [-0.4, -0.2) is 70.0 Å². The number of unbranched alkanes of at least 4 members (excludes halogenated alkanes) is 20. The van der Waals surface area contributed by atoms with E-state index in [1.165, 1.54) is 83.5 Å². The summed E-state index contributed by atoms with van der Waals surface area (Å²) in [7, 11) is 1.16. The van der Waals surface area contributed by atoms with Crippen molar-refractivity contribution in [3.8, 4) is 0 Å². The number of rotatable bonds is 50. The van der Waals surface area contributed by atoms with E-state index < -0.39 is 32.5 Å². The first kappa shape index (κ1) is 66.9. The maximum atomic E-state index is 12.7. The second-order valence-corrected chi connectivity index (χ2v) is 21.0. The molecule has 0 aliphatic carbocycles. The molecule has 2 unspecified atom stereocenters. The van der Waals surface area contributed by atoms with Gasteiger partial charge in [0.15, 0.2) is 6.10 Å². The van der Waals surface area contributed by atoms with Gasteiger partial charge < -0.3 is 27.9 Å². The molecule has 0 aliphatic heterocycles. The molecule has 0 aromatic carbocycles. The van der Waals surface area contributed by atoms with Gasteiger partial charge in [0.05, 0.1) is 27.7 Å². The summed E-state index contributed by atoms with van der Waals surface area (Å²) >= 11 is 0. The predicted molar refractivity (Wildman–Crippen MR) is 295 cm³/mol. The summed E-state index contributed by atoms with van der Waals surface area (Å²) in [6.45, 7) is 4.01. The molecule has 0 saturated carbocycles. The van der Waals surface area contributed by atoms with Gasteiger partial charge in [-0.2, -0.15) is 0 Å². The highest BCUT2D eigenvalue weighted by Crippen LogP contribution is 2.38. The molecular weight excluding hydrogens is 894 g/mol. The fourth-order valence-corrected chi connectivity index (χ4v) is 8.05. The molecule has 9 nitrogen and oxygen atoms in total. The average molecular weight is 998 g/mol. The van der Waals surface area contributed by atoms with Crippen molar-refractivity contribution in [3.63, 3.8) is 0 Å². The molecule has 0 aromatic heterocycles. The molecule has 0 rings (SSSR count). The van der Waals surface area contributed by atoms with Gasteiger partial charge in [-0.3, -0.25) is 14.2 Å². The Morgan fingerprint density at radius 3 is 1.21 bits per heavy atom. The Bertz CT molecular complexity index is 1500. The van der Waals surface area contributed by atoms with Gasteiger partial charge in [0.1, 0.15) is 19.8 Å². The Labute approximate surface area is 430 Å². The van der Waals surface area contributed by atoms with Gasteiger partial charge in [0, 0.05) is 12.8 Å². The van der Waals surface area contributed by atoms with Crippen molar-refractivity contribution < 1.29 is 42.1 Å². The number of phosphoric acid groups is 1. The lowest BCUT2D eigenvalue weighted by Crippen LogP contribution is -2.37. The number of likely N-dealkylation sites (N-methyl/N-ethyl adjacent to an activating group) is 1. The first-order chi connectivity index (χ1) is 34.0. The summed E-state index contributed by atoms with van der Waals surface area (Å²) in [5.74, 6) is -0.848. The van der Waals surface area contributed by atoms with Crippen LogP contribution in [0, 0.1) is 0 Å². The van der Waals surface area contributed by atoms with Crippen LogP contribution in [0.25, 0.3) is 0 Å². The van der Waals surface area contributed by atoms with Gasteiger partial charge in [0.25, 0.3) is 7.82 Å². The Kier molecular flexibility index (Phi) is 48.6. The molecule has 0 spiro atoms. The van der Waals surface area contributed by atoms with Crippen molar-refractivity contribution in [2.45, 2.75) is 225 Å². The normalized spacial score (nSPS) is 14.1. The number of esters is 2. The molecule has 0 bridgehead atoms. The number of allylic oxidation sites excluding steroid dienone is 16.